The highest BCUT2D eigenvalue weighted by atomic mass is 14.2. The smallest absolute Gasteiger partial charge is 0.0146 e. The average molecular weight is 144 g/mol. The van der Waals surface area contributed by atoms with Crippen LogP contribution in [0.2, 0.25) is 0 Å². The van der Waals surface area contributed by atoms with Crippen molar-refractivity contribution in [3.8, 4) is 0 Å². The zero-order valence-corrected chi connectivity index (χ0v) is 7.02. The lowest BCUT2D eigenvalue weighted by Crippen LogP contribution is -2.02. The summed E-state index contributed by atoms with van der Waals surface area (Å²) in [4.78, 5) is 0. The molecule has 56 valence electrons. The van der Waals surface area contributed by atoms with Crippen LogP contribution in [0.15, 0.2) is 24.3 Å². The molecule has 11 heavy (non-hydrogen) atoms. The standard InChI is InChI=1S/C11H12/c1-3-9-8(2)10-6-4-5-7-11(9)10/h4-7H,3H2,1-2H3. The first-order chi connectivity index (χ1) is 5.34. The van der Waals surface area contributed by atoms with Crippen LogP contribution in [0, 0.1) is 0 Å². The maximum atomic E-state index is 2.22. The predicted octanol–water partition coefficient (Wildman–Crippen LogP) is 3.34. The quantitative estimate of drug-likeness (QED) is 0.567. The molecule has 1 aromatic rings. The van der Waals surface area contributed by atoms with Crippen LogP contribution in [0.4, 0.5) is 0 Å². The first-order valence-electron chi connectivity index (χ1n) is 4.14. The summed E-state index contributed by atoms with van der Waals surface area (Å²) >= 11 is 0. The van der Waals surface area contributed by atoms with E-state index in [9.17, 15) is 0 Å². The van der Waals surface area contributed by atoms with Crippen molar-refractivity contribution >= 4 is 11.1 Å². The third-order valence-corrected chi connectivity index (χ3v) is 2.46. The Labute approximate surface area is 67.6 Å². The number of hydrogen-bond acceptors (Lipinski definition) is 0. The summed E-state index contributed by atoms with van der Waals surface area (Å²) < 4.78 is 0. The Kier molecular flexibility index (Phi) is 1.35. The van der Waals surface area contributed by atoms with Gasteiger partial charge in [-0.1, -0.05) is 31.2 Å². The van der Waals surface area contributed by atoms with Crippen molar-refractivity contribution in [1.82, 2.24) is 0 Å². The molecule has 0 spiro atoms. The molecule has 1 aliphatic rings. The van der Waals surface area contributed by atoms with E-state index in [4.69, 9.17) is 0 Å². The van der Waals surface area contributed by atoms with Gasteiger partial charge in [0.25, 0.3) is 0 Å². The van der Waals surface area contributed by atoms with Crippen LogP contribution in [-0.2, 0) is 0 Å². The van der Waals surface area contributed by atoms with E-state index in [1.807, 2.05) is 0 Å². The molecule has 0 nitrogen and oxygen atoms in total. The SMILES string of the molecule is CCC1=C(C)c2ccccc21. The van der Waals surface area contributed by atoms with E-state index in [1.165, 1.54) is 23.1 Å². The molecule has 0 atom stereocenters. The number of allylic oxidation sites excluding steroid dienone is 2. The number of benzene rings is 1. The Bertz CT molecular complexity index is 319. The van der Waals surface area contributed by atoms with Crippen molar-refractivity contribution in [2.75, 3.05) is 0 Å². The largest absolute Gasteiger partial charge is 0.0616 e. The number of fused-ring (bicyclic) bond motifs is 1. The lowest BCUT2D eigenvalue weighted by atomic mass is 9.80. The molecule has 0 unspecified atom stereocenters. The Morgan fingerprint density at radius 3 is 2.36 bits per heavy atom. The second kappa shape index (κ2) is 2.23. The van der Waals surface area contributed by atoms with E-state index in [1.54, 1.807) is 5.57 Å². The Morgan fingerprint density at radius 2 is 1.73 bits per heavy atom. The van der Waals surface area contributed by atoms with Crippen molar-refractivity contribution in [1.29, 1.82) is 0 Å². The Morgan fingerprint density at radius 1 is 1.09 bits per heavy atom. The van der Waals surface area contributed by atoms with E-state index in [0.29, 0.717) is 0 Å². The second-order valence-electron chi connectivity index (χ2n) is 3.00. The first kappa shape index (κ1) is 6.66. The topological polar surface area (TPSA) is 0 Å². The van der Waals surface area contributed by atoms with E-state index in [-0.39, 0.29) is 0 Å². The summed E-state index contributed by atoms with van der Waals surface area (Å²) in [5, 5.41) is 0. The van der Waals surface area contributed by atoms with Crippen molar-refractivity contribution < 1.29 is 0 Å². The molecule has 0 heterocycles. The summed E-state index contributed by atoms with van der Waals surface area (Å²) in [6.45, 7) is 4.43. The zero-order chi connectivity index (χ0) is 7.84. The van der Waals surface area contributed by atoms with Gasteiger partial charge < -0.3 is 0 Å². The van der Waals surface area contributed by atoms with Crippen LogP contribution >= 0.6 is 0 Å². The normalized spacial score (nSPS) is 14.4. The van der Waals surface area contributed by atoms with Gasteiger partial charge in [0, 0.05) is 0 Å². The van der Waals surface area contributed by atoms with Crippen LogP contribution in [0.1, 0.15) is 31.4 Å². The molecule has 1 aliphatic carbocycles. The highest BCUT2D eigenvalue weighted by molar-refractivity contribution is 6.02. The van der Waals surface area contributed by atoms with Gasteiger partial charge in [-0.05, 0) is 35.6 Å². The molecule has 0 aromatic heterocycles. The Balaban J connectivity index is 2.51. The van der Waals surface area contributed by atoms with Gasteiger partial charge in [-0.3, -0.25) is 0 Å². The average Bonchev–Trinajstić information content (AvgIpc) is 2.05. The summed E-state index contributed by atoms with van der Waals surface area (Å²) in [6.07, 6.45) is 1.17. The van der Waals surface area contributed by atoms with E-state index in [0.717, 1.165) is 0 Å². The molecule has 0 fully saturated rings. The molecule has 0 amide bonds. The fourth-order valence-electron chi connectivity index (χ4n) is 1.83. The maximum absolute atomic E-state index is 2.22. The van der Waals surface area contributed by atoms with Gasteiger partial charge in [-0.25, -0.2) is 0 Å². The van der Waals surface area contributed by atoms with Crippen LogP contribution in [0.3, 0.4) is 0 Å². The zero-order valence-electron chi connectivity index (χ0n) is 7.02. The minimum Gasteiger partial charge on any atom is -0.0616 e. The lowest BCUT2D eigenvalue weighted by molar-refractivity contribution is 1.20. The van der Waals surface area contributed by atoms with Crippen LogP contribution < -0.4 is 0 Å². The van der Waals surface area contributed by atoms with Crippen molar-refractivity contribution in [3.05, 3.63) is 35.4 Å². The summed E-state index contributed by atoms with van der Waals surface area (Å²) in [5.41, 5.74) is 5.94. The van der Waals surface area contributed by atoms with E-state index >= 15 is 0 Å². The van der Waals surface area contributed by atoms with Gasteiger partial charge in [0.15, 0.2) is 0 Å². The van der Waals surface area contributed by atoms with Gasteiger partial charge in [-0.15, -0.1) is 0 Å². The summed E-state index contributed by atoms with van der Waals surface area (Å²) in [5.74, 6) is 0. The predicted molar refractivity (Wildman–Crippen MR) is 49.2 cm³/mol. The van der Waals surface area contributed by atoms with Gasteiger partial charge in [0.1, 0.15) is 0 Å². The highest BCUT2D eigenvalue weighted by Gasteiger charge is 2.18. The summed E-state index contributed by atoms with van der Waals surface area (Å²) in [6, 6.07) is 8.63. The van der Waals surface area contributed by atoms with Crippen LogP contribution in [0.5, 0.6) is 0 Å². The Hall–Kier alpha value is -1.04. The van der Waals surface area contributed by atoms with Crippen LogP contribution in [0.25, 0.3) is 11.1 Å². The fourth-order valence-corrected chi connectivity index (χ4v) is 1.83. The van der Waals surface area contributed by atoms with Crippen molar-refractivity contribution in [2.24, 2.45) is 0 Å². The molecule has 0 saturated heterocycles. The van der Waals surface area contributed by atoms with Gasteiger partial charge in [0.05, 0.1) is 0 Å². The molecular formula is C11H12. The molecule has 0 heteroatoms. The molecular weight excluding hydrogens is 132 g/mol. The molecule has 0 saturated carbocycles. The minimum absolute atomic E-state index is 1.17. The van der Waals surface area contributed by atoms with Crippen molar-refractivity contribution in [2.45, 2.75) is 20.3 Å². The molecule has 1 aromatic carbocycles. The van der Waals surface area contributed by atoms with E-state index in [2.05, 4.69) is 38.1 Å². The third kappa shape index (κ3) is 0.756. The minimum atomic E-state index is 1.17. The lowest BCUT2D eigenvalue weighted by Gasteiger charge is -2.24. The van der Waals surface area contributed by atoms with Gasteiger partial charge in [-0.2, -0.15) is 0 Å². The molecule has 0 bridgehead atoms. The molecule has 0 aliphatic heterocycles. The third-order valence-electron chi connectivity index (χ3n) is 2.46. The maximum Gasteiger partial charge on any atom is -0.0146 e. The highest BCUT2D eigenvalue weighted by Crippen LogP contribution is 2.41. The molecule has 0 N–H and O–H groups in total. The van der Waals surface area contributed by atoms with Gasteiger partial charge >= 0.3 is 0 Å². The number of hydrogen-bond donors (Lipinski definition) is 0. The fraction of sp³-hybridized carbons (Fsp3) is 0.273. The van der Waals surface area contributed by atoms with Gasteiger partial charge in [0.2, 0.25) is 0 Å². The second-order valence-corrected chi connectivity index (χ2v) is 3.00. The molecule has 0 radical (unpaired) electrons. The molecule has 2 rings (SSSR count). The van der Waals surface area contributed by atoms with Crippen molar-refractivity contribution in [3.63, 3.8) is 0 Å². The van der Waals surface area contributed by atoms with Crippen LogP contribution in [-0.4, -0.2) is 0 Å². The number of rotatable bonds is 1. The first-order valence-corrected chi connectivity index (χ1v) is 4.14. The summed E-state index contributed by atoms with van der Waals surface area (Å²) in [7, 11) is 0. The van der Waals surface area contributed by atoms with E-state index < -0.39 is 0 Å². The monoisotopic (exact) mass is 144 g/mol.